The Hall–Kier alpha value is -3.69. The zero-order chi connectivity index (χ0) is 33.6. The number of pyridine rings is 1. The van der Waals surface area contributed by atoms with E-state index in [1.807, 2.05) is 25.7 Å². The highest BCUT2D eigenvalue weighted by Gasteiger charge is 2.43. The van der Waals surface area contributed by atoms with Crippen molar-refractivity contribution in [1.29, 1.82) is 0 Å². The van der Waals surface area contributed by atoms with Crippen LogP contribution >= 0.6 is 11.3 Å². The summed E-state index contributed by atoms with van der Waals surface area (Å²) in [6.07, 6.45) is 9.15. The molecule has 4 aliphatic rings. The van der Waals surface area contributed by atoms with Crippen LogP contribution in [0.15, 0.2) is 16.7 Å². The van der Waals surface area contributed by atoms with Crippen molar-refractivity contribution in [2.24, 2.45) is 0 Å². The maximum absolute atomic E-state index is 12.8. The van der Waals surface area contributed by atoms with Gasteiger partial charge in [-0.3, -0.25) is 4.90 Å². The lowest BCUT2D eigenvalue weighted by molar-refractivity contribution is 0.0205. The second kappa shape index (κ2) is 13.0. The zero-order valence-electron chi connectivity index (χ0n) is 28.8. The van der Waals surface area contributed by atoms with Gasteiger partial charge in [-0.25, -0.2) is 14.6 Å². The van der Waals surface area contributed by atoms with E-state index in [0.29, 0.717) is 47.2 Å². The maximum atomic E-state index is 12.8. The second-order valence-electron chi connectivity index (χ2n) is 15.2. The molecule has 3 saturated heterocycles. The van der Waals surface area contributed by atoms with Gasteiger partial charge in [0.05, 0.1) is 17.0 Å². The Bertz CT molecular complexity index is 1690. The summed E-state index contributed by atoms with van der Waals surface area (Å²) in [5.74, 6) is 2.19. The summed E-state index contributed by atoms with van der Waals surface area (Å²) in [6, 6.07) is 4.91. The molecule has 3 aromatic heterocycles. The molecule has 256 valence electrons. The zero-order valence-corrected chi connectivity index (χ0v) is 29.6. The van der Waals surface area contributed by atoms with E-state index in [2.05, 4.69) is 38.9 Å². The number of thiophene rings is 1. The molecule has 0 saturated carbocycles. The van der Waals surface area contributed by atoms with Gasteiger partial charge in [0.15, 0.2) is 0 Å². The predicted molar refractivity (Wildman–Crippen MR) is 188 cm³/mol. The Labute approximate surface area is 287 Å². The average molecular weight is 673 g/mol. The number of rotatable bonds is 5. The number of hydrogen-bond donors (Lipinski definition) is 1. The highest BCUT2D eigenvalue weighted by atomic mass is 32.1. The van der Waals surface area contributed by atoms with Gasteiger partial charge in [-0.05, 0) is 126 Å². The number of piperidine rings is 2. The van der Waals surface area contributed by atoms with Gasteiger partial charge in [0.2, 0.25) is 17.4 Å². The number of amides is 1. The predicted octanol–water partition coefficient (Wildman–Crippen LogP) is 7.15. The van der Waals surface area contributed by atoms with Crippen molar-refractivity contribution in [1.82, 2.24) is 24.9 Å². The summed E-state index contributed by atoms with van der Waals surface area (Å²) in [5.41, 5.74) is 8.55. The Morgan fingerprint density at radius 3 is 2.58 bits per heavy atom. The van der Waals surface area contributed by atoms with Crippen LogP contribution < -0.4 is 10.6 Å². The summed E-state index contributed by atoms with van der Waals surface area (Å²) in [4.78, 5) is 34.8. The van der Waals surface area contributed by atoms with Gasteiger partial charge in [0.25, 0.3) is 0 Å². The van der Waals surface area contributed by atoms with Gasteiger partial charge in [-0.15, -0.1) is 11.3 Å². The molecule has 48 heavy (non-hydrogen) atoms. The Kier molecular flexibility index (Phi) is 8.87. The molecule has 3 aliphatic heterocycles. The number of hydrogen-bond acceptors (Lipinski definition) is 10. The molecule has 3 fully saturated rings. The molecule has 1 amide bonds. The lowest BCUT2D eigenvalue weighted by Gasteiger charge is -2.34. The lowest BCUT2D eigenvalue weighted by Crippen LogP contribution is -2.41. The van der Waals surface area contributed by atoms with E-state index in [1.165, 1.54) is 49.3 Å². The van der Waals surface area contributed by atoms with Gasteiger partial charge in [-0.1, -0.05) is 11.6 Å². The quantitative estimate of drug-likeness (QED) is 0.282. The number of aryl methyl sites for hydroxylation is 1. The van der Waals surface area contributed by atoms with Gasteiger partial charge in [-0.2, -0.15) is 4.98 Å². The fourth-order valence-electron chi connectivity index (χ4n) is 8.14. The molecule has 3 aromatic rings. The van der Waals surface area contributed by atoms with Crippen LogP contribution in [0.2, 0.25) is 0 Å². The van der Waals surface area contributed by atoms with Crippen molar-refractivity contribution in [2.45, 2.75) is 108 Å². The first-order chi connectivity index (χ1) is 23.0. The van der Waals surface area contributed by atoms with Crippen LogP contribution in [0.25, 0.3) is 16.4 Å². The van der Waals surface area contributed by atoms with Crippen molar-refractivity contribution in [3.8, 4) is 11.5 Å². The molecule has 0 spiro atoms. The average Bonchev–Trinajstić information content (AvgIpc) is 3.84. The molecule has 0 bridgehead atoms. The Morgan fingerprint density at radius 1 is 1.08 bits per heavy atom. The molecule has 0 aromatic carbocycles. The van der Waals surface area contributed by atoms with Crippen LogP contribution in [0.3, 0.4) is 0 Å². The summed E-state index contributed by atoms with van der Waals surface area (Å²) < 4.78 is 11.7. The Balaban J connectivity index is 1.19. The van der Waals surface area contributed by atoms with E-state index in [1.54, 1.807) is 0 Å². The van der Waals surface area contributed by atoms with E-state index in [4.69, 9.17) is 31.5 Å². The van der Waals surface area contributed by atoms with Crippen molar-refractivity contribution in [3.63, 3.8) is 0 Å². The van der Waals surface area contributed by atoms with E-state index in [0.717, 1.165) is 67.9 Å². The second-order valence-corrected chi connectivity index (χ2v) is 16.3. The number of nitrogens with zero attached hydrogens (tertiary/aromatic N) is 7. The molecule has 2 N–H and O–H groups in total. The monoisotopic (exact) mass is 672 g/mol. The fourth-order valence-corrected chi connectivity index (χ4v) is 9.32. The van der Waals surface area contributed by atoms with Crippen LogP contribution in [0, 0.1) is 6.57 Å². The van der Waals surface area contributed by atoms with Crippen LogP contribution in [0.5, 0.6) is 0 Å². The van der Waals surface area contributed by atoms with Crippen molar-refractivity contribution >= 4 is 33.9 Å². The highest BCUT2D eigenvalue weighted by Crippen LogP contribution is 2.52. The first kappa shape index (κ1) is 32.8. The molecule has 11 nitrogen and oxygen atoms in total. The molecule has 1 aliphatic carbocycles. The largest absolute Gasteiger partial charge is 0.444 e. The number of nitrogen functional groups attached to an aromatic ring is 1. The highest BCUT2D eigenvalue weighted by molar-refractivity contribution is 7.16. The summed E-state index contributed by atoms with van der Waals surface area (Å²) in [7, 11) is 0. The molecule has 7 rings (SSSR count). The lowest BCUT2D eigenvalue weighted by atomic mass is 9.73. The SMILES string of the molecule is [C-]#[N+]c1c(N)sc2c1C(C)(c1nc(-c3cc(C4CCN(C(=O)OC(C)(C)C)CC4)cc(N4CCC(N5CCCCC5)C4)n3)no1)CCC2. The van der Waals surface area contributed by atoms with Crippen LogP contribution in [-0.2, 0) is 16.6 Å². The normalized spacial score (nSPS) is 24.0. The standard InChI is InChI=1S/C36H48N8O3S/c1-35(2,3)46-34(45)43-17-11-23(12-18-43)24-20-26(39-28(21-24)44-19-13-25(22-44)42-15-7-6-8-16-42)32-40-33(47-41-32)36(4)14-9-10-27-29(36)30(38-5)31(37)48-27/h20-21,23,25H,6-19,22,37H2,1-4H3. The van der Waals surface area contributed by atoms with Crippen molar-refractivity contribution in [3.05, 3.63) is 45.4 Å². The van der Waals surface area contributed by atoms with Crippen LogP contribution in [0.4, 0.5) is 21.3 Å². The van der Waals surface area contributed by atoms with E-state index in [9.17, 15) is 4.79 Å². The number of likely N-dealkylation sites (tertiary alicyclic amines) is 2. The third-order valence-electron chi connectivity index (χ3n) is 10.7. The molecule has 12 heteroatoms. The van der Waals surface area contributed by atoms with Crippen LogP contribution in [-0.4, -0.2) is 81.9 Å². The first-order valence-corrected chi connectivity index (χ1v) is 18.5. The topological polar surface area (TPSA) is 118 Å². The molecule has 2 atom stereocenters. The third-order valence-corrected chi connectivity index (χ3v) is 11.8. The third kappa shape index (κ3) is 6.39. The maximum Gasteiger partial charge on any atom is 0.410 e. The number of aromatic nitrogens is 3. The summed E-state index contributed by atoms with van der Waals surface area (Å²) in [5, 5.41) is 5.07. The molecule has 0 radical (unpaired) electrons. The van der Waals surface area contributed by atoms with Crippen LogP contribution in [0.1, 0.15) is 107 Å². The molecule has 6 heterocycles. The number of nitrogens with two attached hydrogens (primary N) is 1. The van der Waals surface area contributed by atoms with E-state index in [-0.39, 0.29) is 12.0 Å². The van der Waals surface area contributed by atoms with Gasteiger partial charge >= 0.3 is 6.09 Å². The number of fused-ring (bicyclic) bond motifs is 1. The van der Waals surface area contributed by atoms with Gasteiger partial charge < -0.3 is 24.8 Å². The minimum Gasteiger partial charge on any atom is -0.444 e. The van der Waals surface area contributed by atoms with Crippen molar-refractivity contribution in [2.75, 3.05) is 49.9 Å². The van der Waals surface area contributed by atoms with E-state index >= 15 is 0 Å². The molecular formula is C36H48N8O3S. The number of anilines is 2. The first-order valence-electron chi connectivity index (χ1n) is 17.6. The summed E-state index contributed by atoms with van der Waals surface area (Å²) in [6.45, 7) is 21.2. The smallest absolute Gasteiger partial charge is 0.410 e. The minimum atomic E-state index is -0.585. The molecule has 2 unspecified atom stereocenters. The fraction of sp³-hybridized carbons (Fsp3) is 0.639. The van der Waals surface area contributed by atoms with Gasteiger partial charge in [0.1, 0.15) is 17.1 Å². The number of carbonyl (C=O) groups is 1. The Morgan fingerprint density at radius 2 is 1.85 bits per heavy atom. The number of ether oxygens (including phenoxy) is 1. The van der Waals surface area contributed by atoms with E-state index < -0.39 is 11.0 Å². The summed E-state index contributed by atoms with van der Waals surface area (Å²) >= 11 is 1.51. The minimum absolute atomic E-state index is 0.245. The van der Waals surface area contributed by atoms with Crippen molar-refractivity contribution < 1.29 is 14.1 Å². The molecular weight excluding hydrogens is 625 g/mol. The van der Waals surface area contributed by atoms with Gasteiger partial charge in [0, 0.05) is 32.2 Å². The number of carbonyl (C=O) groups excluding carboxylic acids is 1.